The maximum atomic E-state index is 15.1. The van der Waals surface area contributed by atoms with E-state index >= 15 is 4.39 Å². The smallest absolute Gasteiger partial charge is 0.414 e. The lowest BCUT2D eigenvalue weighted by Crippen LogP contribution is -2.28. The number of alkyl halides is 1. The molecule has 2 saturated heterocycles. The minimum Gasteiger partial charge on any atom is -0.471 e. The lowest BCUT2D eigenvalue weighted by atomic mass is 10.0. The van der Waals surface area contributed by atoms with Gasteiger partial charge in [-0.2, -0.15) is 0 Å². The van der Waals surface area contributed by atoms with Crippen molar-refractivity contribution in [3.05, 3.63) is 59.9 Å². The van der Waals surface area contributed by atoms with Crippen LogP contribution in [0.3, 0.4) is 0 Å². The molecule has 3 aliphatic rings. The highest BCUT2D eigenvalue weighted by Gasteiger charge is 2.70. The minimum absolute atomic E-state index is 0.0669. The third kappa shape index (κ3) is 3.42. The van der Waals surface area contributed by atoms with E-state index in [0.29, 0.717) is 19.3 Å². The van der Waals surface area contributed by atoms with E-state index in [0.717, 1.165) is 11.1 Å². The van der Waals surface area contributed by atoms with Gasteiger partial charge in [-0.1, -0.05) is 6.07 Å². The lowest BCUT2D eigenvalue weighted by molar-refractivity contribution is 0.0974. The number of carbonyl (C=O) groups excluding carboxylic acids is 1. The number of hydrogen-bond acceptors (Lipinski definition) is 7. The standard InChI is InChI=1S/C23H17F4N3O5/c24-15-5-16(30-7-12(35-22(30)31)8-33-18-3-4-34-29-18)20(25)21(26)19(15)11-1-2-17(28-6-11)23(27)13-9-32-10-14(13)23/h1-6,12-14H,7-10H2/t12-,13-,14+,23-/m1/s1. The predicted octanol–water partition coefficient (Wildman–Crippen LogP) is 4.00. The average molecular weight is 491 g/mol. The molecule has 182 valence electrons. The van der Waals surface area contributed by atoms with E-state index in [1.807, 2.05) is 0 Å². The molecule has 3 aromatic rings. The van der Waals surface area contributed by atoms with Crippen LogP contribution >= 0.6 is 0 Å². The average Bonchev–Trinajstić information content (AvgIpc) is 3.41. The number of halogens is 4. The molecule has 4 atom stereocenters. The second-order valence-corrected chi connectivity index (χ2v) is 8.60. The summed E-state index contributed by atoms with van der Waals surface area (Å²) in [6, 6.07) is 4.79. The van der Waals surface area contributed by atoms with Crippen LogP contribution < -0.4 is 9.64 Å². The molecule has 12 heteroatoms. The highest BCUT2D eigenvalue weighted by molar-refractivity contribution is 5.90. The first-order valence-corrected chi connectivity index (χ1v) is 10.8. The summed E-state index contributed by atoms with van der Waals surface area (Å²) >= 11 is 0. The van der Waals surface area contributed by atoms with Crippen molar-refractivity contribution in [3.8, 4) is 17.0 Å². The van der Waals surface area contributed by atoms with Gasteiger partial charge in [-0.3, -0.25) is 9.88 Å². The zero-order valence-electron chi connectivity index (χ0n) is 17.9. The van der Waals surface area contributed by atoms with Gasteiger partial charge in [0.15, 0.2) is 23.4 Å². The van der Waals surface area contributed by atoms with Gasteiger partial charge in [0, 0.05) is 35.7 Å². The summed E-state index contributed by atoms with van der Waals surface area (Å²) in [5, 5.41) is 3.54. The molecule has 2 aromatic heterocycles. The van der Waals surface area contributed by atoms with E-state index in [1.54, 1.807) is 0 Å². The summed E-state index contributed by atoms with van der Waals surface area (Å²) in [6.07, 6.45) is 0.576. The molecule has 1 aliphatic carbocycles. The third-order valence-electron chi connectivity index (χ3n) is 6.63. The molecule has 6 rings (SSSR count). The van der Waals surface area contributed by atoms with Crippen LogP contribution in [0.15, 0.2) is 41.2 Å². The van der Waals surface area contributed by atoms with Gasteiger partial charge >= 0.3 is 6.09 Å². The van der Waals surface area contributed by atoms with Gasteiger partial charge in [0.1, 0.15) is 18.7 Å². The van der Waals surface area contributed by atoms with Gasteiger partial charge in [0.25, 0.3) is 5.88 Å². The molecule has 0 N–H and O–H groups in total. The van der Waals surface area contributed by atoms with Crippen molar-refractivity contribution < 1.29 is 41.1 Å². The molecule has 0 spiro atoms. The Morgan fingerprint density at radius 2 is 1.94 bits per heavy atom. The van der Waals surface area contributed by atoms with Crippen molar-refractivity contribution in [3.63, 3.8) is 0 Å². The summed E-state index contributed by atoms with van der Waals surface area (Å²) in [4.78, 5) is 17.1. The van der Waals surface area contributed by atoms with Gasteiger partial charge in [0.2, 0.25) is 0 Å². The molecule has 0 radical (unpaired) electrons. The van der Waals surface area contributed by atoms with Crippen LogP contribution in [0.5, 0.6) is 5.88 Å². The number of hydrogen-bond donors (Lipinski definition) is 0. The van der Waals surface area contributed by atoms with Crippen LogP contribution in [0.2, 0.25) is 0 Å². The fraction of sp³-hybridized carbons (Fsp3) is 0.348. The number of ether oxygens (including phenoxy) is 3. The first kappa shape index (κ1) is 21.8. The molecule has 35 heavy (non-hydrogen) atoms. The zero-order valence-corrected chi connectivity index (χ0v) is 17.9. The fourth-order valence-electron chi connectivity index (χ4n) is 4.75. The van der Waals surface area contributed by atoms with E-state index in [1.165, 1.54) is 24.5 Å². The quantitative estimate of drug-likeness (QED) is 0.381. The van der Waals surface area contributed by atoms with E-state index in [9.17, 15) is 18.0 Å². The normalized spacial score (nSPS) is 27.1. The maximum Gasteiger partial charge on any atom is 0.414 e. The number of cyclic esters (lactones) is 1. The molecule has 8 nitrogen and oxygen atoms in total. The molecular weight excluding hydrogens is 474 g/mol. The lowest BCUT2D eigenvalue weighted by Gasteiger charge is -2.17. The minimum atomic E-state index is -1.62. The summed E-state index contributed by atoms with van der Waals surface area (Å²) in [5.74, 6) is -4.46. The molecule has 0 unspecified atom stereocenters. The SMILES string of the molecule is O=C1O[C@@H](COc2ccon2)CN1c1cc(F)c(-c2ccc([C@@]3(F)[C@@H]4COC[C@@H]43)nc2)c(F)c1F. The number of fused-ring (bicyclic) bond motifs is 1. The van der Waals surface area contributed by atoms with E-state index in [2.05, 4.69) is 14.7 Å². The molecule has 3 fully saturated rings. The van der Waals surface area contributed by atoms with Crippen molar-refractivity contribution in [1.29, 1.82) is 0 Å². The van der Waals surface area contributed by atoms with Crippen LogP contribution in [0.1, 0.15) is 5.69 Å². The molecule has 2 aliphatic heterocycles. The number of nitrogens with zero attached hydrogens (tertiary/aromatic N) is 3. The number of pyridine rings is 1. The number of rotatable bonds is 6. The summed E-state index contributed by atoms with van der Waals surface area (Å²) < 4.78 is 80.3. The van der Waals surface area contributed by atoms with Crippen molar-refractivity contribution >= 4 is 11.8 Å². The summed E-state index contributed by atoms with van der Waals surface area (Å²) in [7, 11) is 0. The largest absolute Gasteiger partial charge is 0.471 e. The Kier molecular flexibility index (Phi) is 4.95. The highest BCUT2D eigenvalue weighted by Crippen LogP contribution is 2.63. The van der Waals surface area contributed by atoms with Gasteiger partial charge in [-0.05, 0) is 11.2 Å². The van der Waals surface area contributed by atoms with Crippen LogP contribution in [-0.4, -0.2) is 48.7 Å². The second kappa shape index (κ2) is 7.94. The summed E-state index contributed by atoms with van der Waals surface area (Å²) in [6.45, 7) is 0.271. The third-order valence-corrected chi connectivity index (χ3v) is 6.63. The Hall–Kier alpha value is -3.67. The first-order chi connectivity index (χ1) is 16.9. The Morgan fingerprint density at radius 1 is 1.14 bits per heavy atom. The number of amides is 1. The van der Waals surface area contributed by atoms with Gasteiger partial charge in [-0.25, -0.2) is 22.4 Å². The first-order valence-electron chi connectivity index (χ1n) is 10.8. The van der Waals surface area contributed by atoms with Crippen LogP contribution in [0, 0.1) is 29.3 Å². The molecule has 1 saturated carbocycles. The van der Waals surface area contributed by atoms with Crippen LogP contribution in [-0.2, 0) is 15.1 Å². The molecule has 1 aromatic carbocycles. The van der Waals surface area contributed by atoms with Crippen LogP contribution in [0.25, 0.3) is 11.1 Å². The van der Waals surface area contributed by atoms with Crippen LogP contribution in [0.4, 0.5) is 28.0 Å². The van der Waals surface area contributed by atoms with Crippen molar-refractivity contribution in [2.45, 2.75) is 11.8 Å². The predicted molar refractivity (Wildman–Crippen MR) is 110 cm³/mol. The fourth-order valence-corrected chi connectivity index (χ4v) is 4.75. The molecular formula is C23H17F4N3O5. The van der Waals surface area contributed by atoms with E-state index in [-0.39, 0.29) is 42.1 Å². The van der Waals surface area contributed by atoms with Gasteiger partial charge in [-0.15, -0.1) is 0 Å². The molecule has 0 bridgehead atoms. The number of aromatic nitrogens is 2. The number of benzene rings is 1. The summed E-state index contributed by atoms with van der Waals surface area (Å²) in [5.41, 5.74) is -2.82. The van der Waals surface area contributed by atoms with E-state index in [4.69, 9.17) is 14.2 Å². The molecule has 1 amide bonds. The van der Waals surface area contributed by atoms with Crippen molar-refractivity contribution in [1.82, 2.24) is 10.1 Å². The maximum absolute atomic E-state index is 15.1. The van der Waals surface area contributed by atoms with Crippen molar-refractivity contribution in [2.24, 2.45) is 11.8 Å². The molecule has 4 heterocycles. The Bertz CT molecular complexity index is 1280. The Labute approximate surface area is 195 Å². The number of carbonyl (C=O) groups is 1. The Morgan fingerprint density at radius 3 is 2.63 bits per heavy atom. The highest BCUT2D eigenvalue weighted by atomic mass is 19.2. The van der Waals surface area contributed by atoms with Crippen molar-refractivity contribution in [2.75, 3.05) is 31.3 Å². The Balaban J connectivity index is 1.22. The zero-order chi connectivity index (χ0) is 24.3. The topological polar surface area (TPSA) is 86.9 Å². The van der Waals surface area contributed by atoms with E-state index < -0.39 is 46.6 Å². The van der Waals surface area contributed by atoms with Gasteiger partial charge < -0.3 is 18.7 Å². The monoisotopic (exact) mass is 491 g/mol. The van der Waals surface area contributed by atoms with Gasteiger partial charge in [0.05, 0.1) is 36.7 Å². The number of anilines is 1. The second-order valence-electron chi connectivity index (χ2n) is 8.60.